The molecule has 90 valence electrons. The van der Waals surface area contributed by atoms with Crippen LogP contribution in [0, 0.1) is 5.41 Å². The van der Waals surface area contributed by atoms with Gasteiger partial charge in [0.05, 0.1) is 0 Å². The van der Waals surface area contributed by atoms with Crippen molar-refractivity contribution in [1.82, 2.24) is 9.88 Å². The molecule has 0 unspecified atom stereocenters. The lowest BCUT2D eigenvalue weighted by Crippen LogP contribution is -2.36. The number of aromatic nitrogens is 1. The van der Waals surface area contributed by atoms with E-state index in [9.17, 15) is 0 Å². The van der Waals surface area contributed by atoms with Crippen molar-refractivity contribution >= 4 is 11.6 Å². The van der Waals surface area contributed by atoms with E-state index >= 15 is 0 Å². The molecule has 0 atom stereocenters. The summed E-state index contributed by atoms with van der Waals surface area (Å²) >= 11 is 5.84. The second-order valence-electron chi connectivity index (χ2n) is 5.03. The molecule has 16 heavy (non-hydrogen) atoms. The molecule has 0 amide bonds. The molecule has 0 saturated carbocycles. The predicted octanol–water partition coefficient (Wildman–Crippen LogP) is 2.15. The van der Waals surface area contributed by atoms with Gasteiger partial charge >= 0.3 is 0 Å². The van der Waals surface area contributed by atoms with Crippen LogP contribution < -0.4 is 5.73 Å². The zero-order chi connectivity index (χ0) is 12.2. The van der Waals surface area contributed by atoms with E-state index in [4.69, 9.17) is 17.3 Å². The summed E-state index contributed by atoms with van der Waals surface area (Å²) < 4.78 is 0. The molecular formula is C12H20ClN3. The van der Waals surface area contributed by atoms with Gasteiger partial charge in [0.1, 0.15) is 5.15 Å². The van der Waals surface area contributed by atoms with E-state index in [2.05, 4.69) is 30.8 Å². The Hall–Kier alpha value is -0.640. The zero-order valence-electron chi connectivity index (χ0n) is 10.2. The smallest absolute Gasteiger partial charge is 0.129 e. The Labute approximate surface area is 103 Å². The lowest BCUT2D eigenvalue weighted by Gasteiger charge is -2.29. The fourth-order valence-electron chi connectivity index (χ4n) is 1.70. The van der Waals surface area contributed by atoms with Crippen LogP contribution in [0.25, 0.3) is 0 Å². The van der Waals surface area contributed by atoms with E-state index in [1.54, 1.807) is 6.20 Å². The van der Waals surface area contributed by atoms with Crippen LogP contribution in [0.3, 0.4) is 0 Å². The molecule has 2 N–H and O–H groups in total. The number of halogens is 1. The van der Waals surface area contributed by atoms with E-state index in [1.165, 1.54) is 5.56 Å². The number of hydrogen-bond acceptors (Lipinski definition) is 3. The van der Waals surface area contributed by atoms with Crippen molar-refractivity contribution in [3.63, 3.8) is 0 Å². The summed E-state index contributed by atoms with van der Waals surface area (Å²) in [7, 11) is 2.09. The molecule has 0 aliphatic rings. The Morgan fingerprint density at radius 1 is 1.50 bits per heavy atom. The second kappa shape index (κ2) is 5.62. The molecule has 3 nitrogen and oxygen atoms in total. The van der Waals surface area contributed by atoms with Gasteiger partial charge in [0.25, 0.3) is 0 Å². The maximum Gasteiger partial charge on any atom is 0.129 e. The molecule has 0 aromatic carbocycles. The highest BCUT2D eigenvalue weighted by molar-refractivity contribution is 6.29. The Bertz CT molecular complexity index is 339. The minimum Gasteiger partial charge on any atom is -0.330 e. The Morgan fingerprint density at radius 3 is 2.75 bits per heavy atom. The van der Waals surface area contributed by atoms with Crippen LogP contribution in [0.2, 0.25) is 5.15 Å². The Kier molecular flexibility index (Phi) is 4.71. The minimum atomic E-state index is 0.144. The van der Waals surface area contributed by atoms with Gasteiger partial charge in [-0.3, -0.25) is 0 Å². The number of rotatable bonds is 5. The van der Waals surface area contributed by atoms with Gasteiger partial charge in [-0.2, -0.15) is 0 Å². The standard InChI is InChI=1S/C12H20ClN3/c1-12(2,8-14)9-16(3)7-10-4-5-15-11(13)6-10/h4-6H,7-9,14H2,1-3H3. The van der Waals surface area contributed by atoms with Crippen LogP contribution in [-0.4, -0.2) is 30.0 Å². The van der Waals surface area contributed by atoms with Crippen molar-refractivity contribution in [2.75, 3.05) is 20.1 Å². The molecule has 0 radical (unpaired) electrons. The first-order valence-corrected chi connectivity index (χ1v) is 5.80. The van der Waals surface area contributed by atoms with Gasteiger partial charge < -0.3 is 10.6 Å². The van der Waals surface area contributed by atoms with Crippen molar-refractivity contribution in [2.45, 2.75) is 20.4 Å². The third-order valence-electron chi connectivity index (χ3n) is 2.49. The molecule has 1 rings (SSSR count). The minimum absolute atomic E-state index is 0.144. The molecule has 1 aromatic heterocycles. The number of pyridine rings is 1. The van der Waals surface area contributed by atoms with Crippen molar-refractivity contribution in [1.29, 1.82) is 0 Å². The molecule has 0 spiro atoms. The Morgan fingerprint density at radius 2 is 2.19 bits per heavy atom. The zero-order valence-corrected chi connectivity index (χ0v) is 11.0. The molecule has 4 heteroatoms. The summed E-state index contributed by atoms with van der Waals surface area (Å²) in [6, 6.07) is 3.88. The molecule has 0 fully saturated rings. The largest absolute Gasteiger partial charge is 0.330 e. The highest BCUT2D eigenvalue weighted by Crippen LogP contribution is 2.16. The van der Waals surface area contributed by atoms with Gasteiger partial charge in [-0.1, -0.05) is 25.4 Å². The van der Waals surface area contributed by atoms with Crippen LogP contribution >= 0.6 is 11.6 Å². The second-order valence-corrected chi connectivity index (χ2v) is 5.41. The highest BCUT2D eigenvalue weighted by Gasteiger charge is 2.17. The monoisotopic (exact) mass is 241 g/mol. The normalized spacial score (nSPS) is 12.1. The fourth-order valence-corrected chi connectivity index (χ4v) is 1.90. The van der Waals surface area contributed by atoms with Crippen molar-refractivity contribution in [2.24, 2.45) is 11.1 Å². The average molecular weight is 242 g/mol. The van der Waals surface area contributed by atoms with Crippen molar-refractivity contribution in [3.05, 3.63) is 29.0 Å². The first kappa shape index (κ1) is 13.4. The van der Waals surface area contributed by atoms with Gasteiger partial charge in [0.15, 0.2) is 0 Å². The maximum atomic E-state index is 5.84. The summed E-state index contributed by atoms with van der Waals surface area (Å²) in [5.41, 5.74) is 7.03. The van der Waals surface area contributed by atoms with Crippen LogP contribution in [0.5, 0.6) is 0 Å². The van der Waals surface area contributed by atoms with E-state index < -0.39 is 0 Å². The van der Waals surface area contributed by atoms with Crippen molar-refractivity contribution < 1.29 is 0 Å². The predicted molar refractivity (Wildman–Crippen MR) is 68.4 cm³/mol. The molecular weight excluding hydrogens is 222 g/mol. The molecule has 0 saturated heterocycles. The van der Waals surface area contributed by atoms with Crippen LogP contribution in [0.4, 0.5) is 0 Å². The first-order valence-electron chi connectivity index (χ1n) is 5.42. The van der Waals surface area contributed by atoms with Crippen LogP contribution in [0.15, 0.2) is 18.3 Å². The van der Waals surface area contributed by atoms with Gasteiger partial charge in [-0.25, -0.2) is 4.98 Å². The van der Waals surface area contributed by atoms with Gasteiger partial charge in [-0.05, 0) is 36.7 Å². The van der Waals surface area contributed by atoms with E-state index in [0.29, 0.717) is 11.7 Å². The van der Waals surface area contributed by atoms with E-state index in [1.807, 2.05) is 12.1 Å². The summed E-state index contributed by atoms with van der Waals surface area (Å²) in [6.07, 6.45) is 1.74. The highest BCUT2D eigenvalue weighted by atomic mass is 35.5. The molecule has 0 aliphatic carbocycles. The number of hydrogen-bond donors (Lipinski definition) is 1. The van der Waals surface area contributed by atoms with Crippen LogP contribution in [-0.2, 0) is 6.54 Å². The van der Waals surface area contributed by atoms with E-state index in [-0.39, 0.29) is 5.41 Å². The fraction of sp³-hybridized carbons (Fsp3) is 0.583. The summed E-state index contributed by atoms with van der Waals surface area (Å²) in [5, 5.41) is 0.545. The number of nitrogens with zero attached hydrogens (tertiary/aromatic N) is 2. The lowest BCUT2D eigenvalue weighted by molar-refractivity contribution is 0.210. The average Bonchev–Trinajstić information content (AvgIpc) is 2.16. The summed E-state index contributed by atoms with van der Waals surface area (Å²) in [4.78, 5) is 6.21. The third kappa shape index (κ3) is 4.47. The Balaban J connectivity index is 2.55. The maximum absolute atomic E-state index is 5.84. The van der Waals surface area contributed by atoms with Gasteiger partial charge in [-0.15, -0.1) is 0 Å². The van der Waals surface area contributed by atoms with Gasteiger partial charge in [0, 0.05) is 19.3 Å². The molecule has 0 bridgehead atoms. The topological polar surface area (TPSA) is 42.2 Å². The van der Waals surface area contributed by atoms with Gasteiger partial charge in [0.2, 0.25) is 0 Å². The summed E-state index contributed by atoms with van der Waals surface area (Å²) in [5.74, 6) is 0. The van der Waals surface area contributed by atoms with Crippen molar-refractivity contribution in [3.8, 4) is 0 Å². The molecule has 1 aromatic rings. The molecule has 0 aliphatic heterocycles. The lowest BCUT2D eigenvalue weighted by atomic mass is 9.93. The number of nitrogens with two attached hydrogens (primary N) is 1. The summed E-state index contributed by atoms with van der Waals surface area (Å²) in [6.45, 7) is 6.86. The molecule has 1 heterocycles. The quantitative estimate of drug-likeness (QED) is 0.804. The third-order valence-corrected chi connectivity index (χ3v) is 2.70. The SMILES string of the molecule is CN(Cc1ccnc(Cl)c1)CC(C)(C)CN. The first-order chi connectivity index (χ1) is 7.43. The van der Waals surface area contributed by atoms with E-state index in [0.717, 1.165) is 13.1 Å². The van der Waals surface area contributed by atoms with Crippen LogP contribution in [0.1, 0.15) is 19.4 Å².